The fourth-order valence-corrected chi connectivity index (χ4v) is 1.87. The first-order chi connectivity index (χ1) is 7.14. The van der Waals surface area contributed by atoms with Crippen LogP contribution in [0.3, 0.4) is 0 Å². The fourth-order valence-electron chi connectivity index (χ4n) is 1.87. The second-order valence-electron chi connectivity index (χ2n) is 4.14. The van der Waals surface area contributed by atoms with E-state index in [9.17, 15) is 4.79 Å². The lowest BCUT2D eigenvalue weighted by Crippen LogP contribution is -2.46. The highest BCUT2D eigenvalue weighted by atomic mass is 16.1. The summed E-state index contributed by atoms with van der Waals surface area (Å²) in [6, 6.07) is 0. The molecule has 15 heavy (non-hydrogen) atoms. The van der Waals surface area contributed by atoms with Gasteiger partial charge in [-0.1, -0.05) is 46.6 Å². The minimum absolute atomic E-state index is 0.0134. The Kier molecular flexibility index (Phi) is 7.10. The van der Waals surface area contributed by atoms with E-state index in [4.69, 9.17) is 0 Å². The monoisotopic (exact) mass is 211 g/mol. The summed E-state index contributed by atoms with van der Waals surface area (Å²) in [6.07, 6.45) is 8.08. The molecule has 0 aliphatic carbocycles. The minimum Gasteiger partial charge on any atom is -0.347 e. The molecule has 0 aliphatic heterocycles. The lowest BCUT2D eigenvalue weighted by molar-refractivity contribution is -0.118. The van der Waals surface area contributed by atoms with E-state index in [-0.39, 0.29) is 11.4 Å². The van der Waals surface area contributed by atoms with Gasteiger partial charge in [0.1, 0.15) is 0 Å². The third-order valence-corrected chi connectivity index (χ3v) is 3.19. The first kappa shape index (κ1) is 14.2. The van der Waals surface area contributed by atoms with Gasteiger partial charge < -0.3 is 5.32 Å². The van der Waals surface area contributed by atoms with E-state index in [1.54, 1.807) is 0 Å². The fraction of sp³-hybridized carbons (Fsp3) is 0.769. The molecule has 0 rings (SSSR count). The van der Waals surface area contributed by atoms with Gasteiger partial charge in [-0.05, 0) is 25.3 Å². The second kappa shape index (κ2) is 7.49. The van der Waals surface area contributed by atoms with E-state index in [1.165, 1.54) is 25.3 Å². The number of carbonyl (C=O) groups is 1. The molecule has 2 heteroatoms. The molecule has 0 spiro atoms. The molecule has 0 atom stereocenters. The van der Waals surface area contributed by atoms with Crippen LogP contribution in [0.15, 0.2) is 12.7 Å². The van der Waals surface area contributed by atoms with E-state index < -0.39 is 0 Å². The lowest BCUT2D eigenvalue weighted by atomic mass is 9.86. The summed E-state index contributed by atoms with van der Waals surface area (Å²) in [5.74, 6) is -0.0461. The SMILES string of the molecule is C=CC(=O)NC(CC)(CC)CCCCC. The van der Waals surface area contributed by atoms with E-state index in [0.717, 1.165) is 19.3 Å². The minimum atomic E-state index is -0.0461. The number of amides is 1. The van der Waals surface area contributed by atoms with Gasteiger partial charge >= 0.3 is 0 Å². The first-order valence-corrected chi connectivity index (χ1v) is 6.08. The van der Waals surface area contributed by atoms with Crippen molar-refractivity contribution in [1.29, 1.82) is 0 Å². The summed E-state index contributed by atoms with van der Waals surface area (Å²) < 4.78 is 0. The molecular formula is C13H25NO. The van der Waals surface area contributed by atoms with Crippen molar-refractivity contribution in [3.8, 4) is 0 Å². The molecule has 0 aromatic rings. The summed E-state index contributed by atoms with van der Waals surface area (Å²) in [4.78, 5) is 11.3. The molecule has 0 aliphatic rings. The second-order valence-corrected chi connectivity index (χ2v) is 4.14. The van der Waals surface area contributed by atoms with E-state index >= 15 is 0 Å². The number of rotatable bonds is 8. The zero-order valence-electron chi connectivity index (χ0n) is 10.4. The Bertz CT molecular complexity index is 195. The molecule has 1 amide bonds. The van der Waals surface area contributed by atoms with Crippen LogP contribution >= 0.6 is 0 Å². The molecule has 0 heterocycles. The average Bonchev–Trinajstić information content (AvgIpc) is 2.27. The van der Waals surface area contributed by atoms with E-state index in [1.807, 2.05) is 0 Å². The van der Waals surface area contributed by atoms with Gasteiger partial charge in [-0.2, -0.15) is 0 Å². The smallest absolute Gasteiger partial charge is 0.243 e. The van der Waals surface area contributed by atoms with Crippen molar-refractivity contribution < 1.29 is 4.79 Å². The van der Waals surface area contributed by atoms with Gasteiger partial charge in [-0.15, -0.1) is 0 Å². The highest BCUT2D eigenvalue weighted by Gasteiger charge is 2.26. The van der Waals surface area contributed by atoms with Gasteiger partial charge in [0.15, 0.2) is 0 Å². The van der Waals surface area contributed by atoms with Crippen molar-refractivity contribution in [3.63, 3.8) is 0 Å². The van der Waals surface area contributed by atoms with Crippen LogP contribution < -0.4 is 5.32 Å². The predicted octanol–water partition coefficient (Wildman–Crippen LogP) is 3.43. The number of hydrogen-bond donors (Lipinski definition) is 1. The number of unbranched alkanes of at least 4 members (excludes halogenated alkanes) is 2. The molecule has 2 nitrogen and oxygen atoms in total. The van der Waals surface area contributed by atoms with Crippen LogP contribution in [0.4, 0.5) is 0 Å². The predicted molar refractivity (Wildman–Crippen MR) is 65.8 cm³/mol. The van der Waals surface area contributed by atoms with Crippen LogP contribution in [0.25, 0.3) is 0 Å². The molecular weight excluding hydrogens is 186 g/mol. The Morgan fingerprint density at radius 3 is 2.27 bits per heavy atom. The molecule has 0 bridgehead atoms. The van der Waals surface area contributed by atoms with Gasteiger partial charge in [0.2, 0.25) is 5.91 Å². The molecule has 0 fully saturated rings. The van der Waals surface area contributed by atoms with Gasteiger partial charge in [0, 0.05) is 5.54 Å². The van der Waals surface area contributed by atoms with E-state index in [0.29, 0.717) is 0 Å². The average molecular weight is 211 g/mol. The Morgan fingerprint density at radius 1 is 1.27 bits per heavy atom. The van der Waals surface area contributed by atoms with Crippen LogP contribution in [-0.2, 0) is 4.79 Å². The number of carbonyl (C=O) groups excluding carboxylic acids is 1. The number of nitrogens with one attached hydrogen (secondary N) is 1. The largest absolute Gasteiger partial charge is 0.347 e. The maximum absolute atomic E-state index is 11.3. The summed E-state index contributed by atoms with van der Waals surface area (Å²) >= 11 is 0. The van der Waals surface area contributed by atoms with Gasteiger partial charge in [-0.25, -0.2) is 0 Å². The maximum atomic E-state index is 11.3. The normalized spacial score (nSPS) is 11.1. The van der Waals surface area contributed by atoms with Crippen LogP contribution in [-0.4, -0.2) is 11.4 Å². The van der Waals surface area contributed by atoms with Crippen molar-refractivity contribution >= 4 is 5.91 Å². The molecule has 0 saturated heterocycles. The van der Waals surface area contributed by atoms with Crippen molar-refractivity contribution in [2.45, 2.75) is 64.8 Å². The topological polar surface area (TPSA) is 29.1 Å². The molecule has 0 aromatic heterocycles. The van der Waals surface area contributed by atoms with Crippen molar-refractivity contribution in [2.24, 2.45) is 0 Å². The molecule has 0 unspecified atom stereocenters. The summed E-state index contributed by atoms with van der Waals surface area (Å²) in [5, 5.41) is 3.08. The van der Waals surface area contributed by atoms with Gasteiger partial charge in [-0.3, -0.25) is 4.79 Å². The van der Waals surface area contributed by atoms with Gasteiger partial charge in [0.25, 0.3) is 0 Å². The maximum Gasteiger partial charge on any atom is 0.243 e. The molecule has 0 radical (unpaired) electrons. The molecule has 1 N–H and O–H groups in total. The number of hydrogen-bond acceptors (Lipinski definition) is 1. The van der Waals surface area contributed by atoms with Crippen LogP contribution in [0.2, 0.25) is 0 Å². The Hall–Kier alpha value is -0.790. The zero-order chi connectivity index (χ0) is 11.7. The van der Waals surface area contributed by atoms with E-state index in [2.05, 4.69) is 32.7 Å². The quantitative estimate of drug-likeness (QED) is 0.483. The van der Waals surface area contributed by atoms with Crippen LogP contribution in [0, 0.1) is 0 Å². The third-order valence-electron chi connectivity index (χ3n) is 3.19. The molecule has 0 saturated carbocycles. The third kappa shape index (κ3) is 5.01. The standard InChI is InChI=1S/C13H25NO/c1-5-9-10-11-13(7-3,8-4)14-12(15)6-2/h6H,2,5,7-11H2,1,3-4H3,(H,14,15). The summed E-state index contributed by atoms with van der Waals surface area (Å²) in [5.41, 5.74) is -0.0134. The Balaban J connectivity index is 4.28. The summed E-state index contributed by atoms with van der Waals surface area (Å²) in [7, 11) is 0. The Morgan fingerprint density at radius 2 is 1.87 bits per heavy atom. The zero-order valence-corrected chi connectivity index (χ0v) is 10.4. The highest BCUT2D eigenvalue weighted by molar-refractivity contribution is 5.87. The van der Waals surface area contributed by atoms with Crippen molar-refractivity contribution in [2.75, 3.05) is 0 Å². The Labute approximate surface area is 94.1 Å². The van der Waals surface area contributed by atoms with Crippen molar-refractivity contribution in [1.82, 2.24) is 5.32 Å². The lowest BCUT2D eigenvalue weighted by Gasteiger charge is -2.32. The summed E-state index contributed by atoms with van der Waals surface area (Å²) in [6.45, 7) is 9.97. The highest BCUT2D eigenvalue weighted by Crippen LogP contribution is 2.22. The van der Waals surface area contributed by atoms with Gasteiger partial charge in [0.05, 0.1) is 0 Å². The van der Waals surface area contributed by atoms with Crippen LogP contribution in [0.1, 0.15) is 59.3 Å². The molecule has 88 valence electrons. The van der Waals surface area contributed by atoms with Crippen LogP contribution in [0.5, 0.6) is 0 Å². The molecule has 0 aromatic carbocycles. The first-order valence-electron chi connectivity index (χ1n) is 6.08. The van der Waals surface area contributed by atoms with Crippen molar-refractivity contribution in [3.05, 3.63) is 12.7 Å².